The summed E-state index contributed by atoms with van der Waals surface area (Å²) >= 11 is 6.51. The molecule has 1 atom stereocenters. The zero-order chi connectivity index (χ0) is 24.6. The number of rotatable bonds is 7. The van der Waals surface area contributed by atoms with Crippen molar-refractivity contribution in [1.82, 2.24) is 10.2 Å². The summed E-state index contributed by atoms with van der Waals surface area (Å²) in [4.78, 5) is 37.9. The van der Waals surface area contributed by atoms with E-state index >= 15 is 0 Å². The minimum Gasteiger partial charge on any atom is -0.543 e. The predicted molar refractivity (Wildman–Crippen MR) is 130 cm³/mol. The molecule has 1 heterocycles. The van der Waals surface area contributed by atoms with Crippen LogP contribution in [0.4, 0.5) is 4.79 Å². The van der Waals surface area contributed by atoms with Crippen LogP contribution in [0.3, 0.4) is 0 Å². The van der Waals surface area contributed by atoms with Gasteiger partial charge in [-0.05, 0) is 54.4 Å². The number of amides is 3. The molecule has 0 fully saturated rings. The molecule has 3 rings (SSSR count). The highest BCUT2D eigenvalue weighted by atomic mass is 35.5. The smallest absolute Gasteiger partial charge is 0.404 e. The molecule has 2 aromatic carbocycles. The highest BCUT2D eigenvalue weighted by Gasteiger charge is 2.39. The normalized spacial score (nSPS) is 14.8. The predicted octanol–water partition coefficient (Wildman–Crippen LogP) is 5.20. The maximum atomic E-state index is 12.7. The second kappa shape index (κ2) is 9.19. The van der Waals surface area contributed by atoms with Crippen LogP contribution < -0.4 is 9.74 Å². The van der Waals surface area contributed by atoms with E-state index < -0.39 is 32.3 Å². The van der Waals surface area contributed by atoms with Crippen molar-refractivity contribution in [3.05, 3.63) is 64.2 Å². The minimum absolute atomic E-state index is 0.0288. The molecule has 0 aromatic heterocycles. The third-order valence-corrected chi connectivity index (χ3v) is 11.0. The van der Waals surface area contributed by atoms with Gasteiger partial charge in [-0.25, -0.2) is 4.79 Å². The van der Waals surface area contributed by atoms with Gasteiger partial charge in [0, 0.05) is 5.02 Å². The van der Waals surface area contributed by atoms with Crippen LogP contribution in [0.25, 0.3) is 0 Å². The molecule has 7 nitrogen and oxygen atoms in total. The van der Waals surface area contributed by atoms with Crippen LogP contribution in [0.15, 0.2) is 42.5 Å². The third kappa shape index (κ3) is 5.39. The summed E-state index contributed by atoms with van der Waals surface area (Å²) in [5.41, 5.74) is 1.33. The lowest BCUT2D eigenvalue weighted by Crippen LogP contribution is -2.46. The van der Waals surface area contributed by atoms with Crippen molar-refractivity contribution in [2.75, 3.05) is 6.54 Å². The first-order valence-corrected chi connectivity index (χ1v) is 14.0. The van der Waals surface area contributed by atoms with E-state index in [0.717, 1.165) is 4.90 Å². The third-order valence-electron chi connectivity index (χ3n) is 6.28. The lowest BCUT2D eigenvalue weighted by molar-refractivity contribution is 0.0636. The fraction of sp³-hybridized carbons (Fsp3) is 0.375. The van der Waals surface area contributed by atoms with E-state index in [0.29, 0.717) is 27.5 Å². The van der Waals surface area contributed by atoms with Crippen molar-refractivity contribution < 1.29 is 23.9 Å². The Labute approximate surface area is 199 Å². The number of carbonyl (C=O) groups excluding carboxylic acids is 2. The zero-order valence-corrected chi connectivity index (χ0v) is 21.2. The summed E-state index contributed by atoms with van der Waals surface area (Å²) in [5, 5.41) is 12.2. The molecule has 0 saturated heterocycles. The number of hydrogen-bond donors (Lipinski definition) is 2. The maximum absolute atomic E-state index is 12.7. The quantitative estimate of drug-likeness (QED) is 0.412. The number of hydrogen-bond acceptors (Lipinski definition) is 4. The molecule has 33 heavy (non-hydrogen) atoms. The number of benzene rings is 2. The fourth-order valence-electron chi connectivity index (χ4n) is 3.43. The largest absolute Gasteiger partial charge is 0.543 e. The molecule has 1 aliphatic heterocycles. The van der Waals surface area contributed by atoms with Gasteiger partial charge in [-0.15, -0.1) is 0 Å². The van der Waals surface area contributed by atoms with Gasteiger partial charge in [0.1, 0.15) is 5.75 Å². The van der Waals surface area contributed by atoms with Gasteiger partial charge in [0.2, 0.25) is 8.32 Å². The van der Waals surface area contributed by atoms with Crippen LogP contribution in [0.2, 0.25) is 23.2 Å². The summed E-state index contributed by atoms with van der Waals surface area (Å²) < 4.78 is 6.29. The molecular weight excluding hydrogens is 460 g/mol. The van der Waals surface area contributed by atoms with Crippen LogP contribution >= 0.6 is 11.6 Å². The van der Waals surface area contributed by atoms with E-state index in [1.807, 2.05) is 6.07 Å². The summed E-state index contributed by atoms with van der Waals surface area (Å²) in [7, 11) is -2.04. The first-order valence-electron chi connectivity index (χ1n) is 10.7. The molecule has 9 heteroatoms. The lowest BCUT2D eigenvalue weighted by Gasteiger charge is -2.36. The van der Waals surface area contributed by atoms with Crippen LogP contribution in [0, 0.1) is 0 Å². The summed E-state index contributed by atoms with van der Waals surface area (Å²) in [6, 6.07) is 11.2. The second-order valence-corrected chi connectivity index (χ2v) is 14.9. The number of halogens is 1. The Kier molecular flexibility index (Phi) is 6.90. The number of nitrogens with zero attached hydrogens (tertiary/aromatic N) is 1. The number of carbonyl (C=O) groups is 3. The number of fused-ring (bicyclic) bond motifs is 1. The Balaban J connectivity index is 1.78. The second-order valence-electron chi connectivity index (χ2n) is 9.73. The topological polar surface area (TPSA) is 95.9 Å². The molecule has 2 aromatic rings. The Hall–Kier alpha value is -2.84. The fourth-order valence-corrected chi connectivity index (χ4v) is 4.70. The average molecular weight is 489 g/mol. The van der Waals surface area contributed by atoms with E-state index in [9.17, 15) is 19.5 Å². The highest BCUT2D eigenvalue weighted by molar-refractivity contribution is 6.74. The Morgan fingerprint density at radius 3 is 2.18 bits per heavy atom. The van der Waals surface area contributed by atoms with Gasteiger partial charge in [0.15, 0.2) is 0 Å². The van der Waals surface area contributed by atoms with Crippen LogP contribution in [-0.4, -0.2) is 48.8 Å². The van der Waals surface area contributed by atoms with E-state index in [1.165, 1.54) is 0 Å². The first kappa shape index (κ1) is 24.8. The molecule has 0 bridgehead atoms. The molecule has 1 unspecified atom stereocenters. The highest BCUT2D eigenvalue weighted by Crippen LogP contribution is 2.38. The Morgan fingerprint density at radius 1 is 1.12 bits per heavy atom. The monoisotopic (exact) mass is 488 g/mol. The standard InChI is InChI=1S/C24H29ClN2O5Si/c1-24(2,3)33(4,5)32-17-11-10-15(20(25)13-17)12-16(26-23(30)31)14-27-21(28)18-8-6-7-9-19(18)22(27)29/h6-11,13,16,26H,12,14H2,1-5H3,(H,30,31). The van der Waals surface area contributed by atoms with Crippen LogP contribution in [0.5, 0.6) is 5.75 Å². The van der Waals surface area contributed by atoms with Crippen molar-refractivity contribution in [2.45, 2.75) is 51.4 Å². The van der Waals surface area contributed by atoms with Gasteiger partial charge in [-0.2, -0.15) is 0 Å². The first-order chi connectivity index (χ1) is 15.3. The zero-order valence-electron chi connectivity index (χ0n) is 19.4. The molecule has 0 radical (unpaired) electrons. The Morgan fingerprint density at radius 2 is 1.70 bits per heavy atom. The SMILES string of the molecule is CC(C)(C)[Si](C)(C)Oc1ccc(CC(CN2C(=O)c3ccccc3C2=O)NC(=O)O)c(Cl)c1. The maximum Gasteiger partial charge on any atom is 0.404 e. The van der Waals surface area contributed by atoms with Crippen molar-refractivity contribution >= 4 is 37.8 Å². The van der Waals surface area contributed by atoms with Gasteiger partial charge < -0.3 is 14.8 Å². The van der Waals surface area contributed by atoms with E-state index in [-0.39, 0.29) is 18.0 Å². The van der Waals surface area contributed by atoms with Crippen molar-refractivity contribution in [1.29, 1.82) is 0 Å². The molecule has 176 valence electrons. The van der Waals surface area contributed by atoms with E-state index in [1.54, 1.807) is 36.4 Å². The van der Waals surface area contributed by atoms with Gasteiger partial charge in [0.05, 0.1) is 23.7 Å². The summed E-state index contributed by atoms with van der Waals surface area (Å²) in [6.07, 6.45) is -1.04. The van der Waals surface area contributed by atoms with Crippen molar-refractivity contribution in [3.8, 4) is 5.75 Å². The number of imide groups is 1. The van der Waals surface area contributed by atoms with Crippen molar-refractivity contribution in [3.63, 3.8) is 0 Å². The van der Waals surface area contributed by atoms with Crippen LogP contribution in [-0.2, 0) is 6.42 Å². The number of carboxylic acid groups (broad SMARTS) is 1. The Bertz CT molecular complexity index is 1060. The van der Waals surface area contributed by atoms with Gasteiger partial charge in [-0.3, -0.25) is 14.5 Å². The van der Waals surface area contributed by atoms with Crippen LogP contribution in [0.1, 0.15) is 47.1 Å². The van der Waals surface area contributed by atoms with E-state index in [2.05, 4.69) is 39.2 Å². The number of nitrogens with one attached hydrogen (secondary N) is 1. The summed E-state index contributed by atoms with van der Waals surface area (Å²) in [6.45, 7) is 10.6. The molecule has 0 saturated carbocycles. The molecule has 3 amide bonds. The molecule has 0 spiro atoms. The van der Waals surface area contributed by atoms with E-state index in [4.69, 9.17) is 16.0 Å². The molecule has 0 aliphatic carbocycles. The average Bonchev–Trinajstić information content (AvgIpc) is 2.93. The summed E-state index contributed by atoms with van der Waals surface area (Å²) in [5.74, 6) is -0.201. The lowest BCUT2D eigenvalue weighted by atomic mass is 10.0. The van der Waals surface area contributed by atoms with Gasteiger partial charge in [-0.1, -0.05) is 50.6 Å². The van der Waals surface area contributed by atoms with Gasteiger partial charge in [0.25, 0.3) is 11.8 Å². The minimum atomic E-state index is -2.04. The van der Waals surface area contributed by atoms with Gasteiger partial charge >= 0.3 is 6.09 Å². The molecule has 2 N–H and O–H groups in total. The molecule has 1 aliphatic rings. The van der Waals surface area contributed by atoms with Crippen molar-refractivity contribution in [2.24, 2.45) is 0 Å². The molecular formula is C24H29ClN2O5Si.